The van der Waals surface area contributed by atoms with Gasteiger partial charge in [-0.1, -0.05) is 64.7 Å². The Hall–Kier alpha value is 0.210. The van der Waals surface area contributed by atoms with Crippen LogP contribution in [0.25, 0.3) is 0 Å². The number of hydrogen-bond acceptors (Lipinski definition) is 2. The van der Waals surface area contributed by atoms with Gasteiger partial charge >= 0.3 is 0 Å². The van der Waals surface area contributed by atoms with E-state index in [2.05, 4.69) is 12.2 Å². The summed E-state index contributed by atoms with van der Waals surface area (Å²) in [6, 6.07) is 0. The third-order valence-corrected chi connectivity index (χ3v) is 3.22. The number of halogens is 1. The summed E-state index contributed by atoms with van der Waals surface area (Å²) in [4.78, 5) is 0. The number of aliphatic hydroxyl groups excluding tert-OH is 1. The van der Waals surface area contributed by atoms with E-state index in [1.165, 1.54) is 64.2 Å². The number of aliphatic hydroxyl groups is 1. The van der Waals surface area contributed by atoms with Crippen molar-refractivity contribution < 1.29 is 5.11 Å². The molecule has 18 heavy (non-hydrogen) atoms. The highest BCUT2D eigenvalue weighted by Gasteiger charge is 1.92. The van der Waals surface area contributed by atoms with Crippen LogP contribution in [0.3, 0.4) is 0 Å². The third-order valence-electron chi connectivity index (χ3n) is 3.22. The Morgan fingerprint density at radius 1 is 0.667 bits per heavy atom. The zero-order chi connectivity index (χ0) is 12.6. The predicted molar refractivity (Wildman–Crippen MR) is 83.7 cm³/mol. The van der Waals surface area contributed by atoms with Crippen LogP contribution in [0.1, 0.15) is 77.6 Å². The Kier molecular flexibility index (Phi) is 22.3. The van der Waals surface area contributed by atoms with Crippen LogP contribution in [-0.2, 0) is 0 Å². The summed E-state index contributed by atoms with van der Waals surface area (Å²) in [7, 11) is 0. The van der Waals surface area contributed by atoms with Crippen molar-refractivity contribution >= 4 is 12.4 Å². The van der Waals surface area contributed by atoms with E-state index in [-0.39, 0.29) is 12.4 Å². The molecule has 0 spiro atoms. The van der Waals surface area contributed by atoms with Crippen molar-refractivity contribution in [2.24, 2.45) is 0 Å². The van der Waals surface area contributed by atoms with Crippen molar-refractivity contribution in [2.45, 2.75) is 77.6 Å². The standard InChI is InChI=1S/C15H33NO.ClH/c1-2-3-4-5-6-7-8-9-10-11-13-16-14-12-15-17;/h16-17H,2-15H2,1H3;1H. The molecule has 0 heterocycles. The molecule has 0 aliphatic carbocycles. The zero-order valence-electron chi connectivity index (χ0n) is 12.3. The van der Waals surface area contributed by atoms with Gasteiger partial charge in [-0.2, -0.15) is 0 Å². The first kappa shape index (κ1) is 20.5. The van der Waals surface area contributed by atoms with Crippen LogP contribution in [0.5, 0.6) is 0 Å². The topological polar surface area (TPSA) is 32.3 Å². The van der Waals surface area contributed by atoms with E-state index >= 15 is 0 Å². The molecule has 0 rings (SSSR count). The molecule has 0 bridgehead atoms. The lowest BCUT2D eigenvalue weighted by Crippen LogP contribution is -2.17. The molecule has 0 aromatic heterocycles. The minimum Gasteiger partial charge on any atom is -0.396 e. The van der Waals surface area contributed by atoms with E-state index in [9.17, 15) is 0 Å². The summed E-state index contributed by atoms with van der Waals surface area (Å²) in [6.45, 7) is 4.67. The van der Waals surface area contributed by atoms with Gasteiger partial charge in [-0.05, 0) is 25.9 Å². The minimum absolute atomic E-state index is 0. The highest BCUT2D eigenvalue weighted by atomic mass is 35.5. The second-order valence-electron chi connectivity index (χ2n) is 5.01. The first-order valence-electron chi connectivity index (χ1n) is 7.73. The fourth-order valence-corrected chi connectivity index (χ4v) is 2.07. The molecule has 0 aromatic rings. The summed E-state index contributed by atoms with van der Waals surface area (Å²) >= 11 is 0. The van der Waals surface area contributed by atoms with Gasteiger partial charge in [0, 0.05) is 6.61 Å². The molecule has 0 radical (unpaired) electrons. The van der Waals surface area contributed by atoms with E-state index in [0.717, 1.165) is 19.5 Å². The average Bonchev–Trinajstić information content (AvgIpc) is 2.35. The maximum Gasteiger partial charge on any atom is 0.0443 e. The summed E-state index contributed by atoms with van der Waals surface area (Å²) in [6.07, 6.45) is 14.9. The van der Waals surface area contributed by atoms with Crippen molar-refractivity contribution in [3.8, 4) is 0 Å². The molecule has 2 N–H and O–H groups in total. The lowest BCUT2D eigenvalue weighted by atomic mass is 10.1. The first-order chi connectivity index (χ1) is 8.41. The van der Waals surface area contributed by atoms with Crippen LogP contribution in [0.15, 0.2) is 0 Å². The van der Waals surface area contributed by atoms with E-state index in [1.54, 1.807) is 0 Å². The van der Waals surface area contributed by atoms with E-state index in [4.69, 9.17) is 5.11 Å². The SMILES string of the molecule is CCCCCCCCCCCCNCCCO.Cl. The van der Waals surface area contributed by atoms with E-state index in [1.807, 2.05) is 0 Å². The second-order valence-corrected chi connectivity index (χ2v) is 5.01. The number of rotatable bonds is 14. The molecular formula is C15H34ClNO. The third kappa shape index (κ3) is 18.6. The minimum atomic E-state index is 0. The highest BCUT2D eigenvalue weighted by molar-refractivity contribution is 5.85. The molecule has 0 atom stereocenters. The van der Waals surface area contributed by atoms with E-state index in [0.29, 0.717) is 6.61 Å². The smallest absolute Gasteiger partial charge is 0.0443 e. The lowest BCUT2D eigenvalue weighted by Gasteiger charge is -2.04. The molecule has 0 aliphatic heterocycles. The Bertz CT molecular complexity index is 120. The fraction of sp³-hybridized carbons (Fsp3) is 1.00. The van der Waals surface area contributed by atoms with Crippen molar-refractivity contribution in [1.82, 2.24) is 5.32 Å². The molecule has 0 amide bonds. The summed E-state index contributed by atoms with van der Waals surface area (Å²) in [5.41, 5.74) is 0. The van der Waals surface area contributed by atoms with Gasteiger partial charge in [0.25, 0.3) is 0 Å². The molecule has 0 unspecified atom stereocenters. The van der Waals surface area contributed by atoms with Crippen LogP contribution in [0, 0.1) is 0 Å². The van der Waals surface area contributed by atoms with Gasteiger partial charge in [0.1, 0.15) is 0 Å². The summed E-state index contributed by atoms with van der Waals surface area (Å²) < 4.78 is 0. The zero-order valence-corrected chi connectivity index (χ0v) is 13.1. The van der Waals surface area contributed by atoms with Crippen LogP contribution >= 0.6 is 12.4 Å². The van der Waals surface area contributed by atoms with Gasteiger partial charge in [0.2, 0.25) is 0 Å². The maximum atomic E-state index is 8.60. The van der Waals surface area contributed by atoms with Crippen LogP contribution < -0.4 is 5.32 Å². The molecule has 0 saturated carbocycles. The van der Waals surface area contributed by atoms with Crippen molar-refractivity contribution in [3.05, 3.63) is 0 Å². The highest BCUT2D eigenvalue weighted by Crippen LogP contribution is 2.10. The van der Waals surface area contributed by atoms with Gasteiger partial charge in [0.05, 0.1) is 0 Å². The largest absolute Gasteiger partial charge is 0.396 e. The Morgan fingerprint density at radius 3 is 1.61 bits per heavy atom. The molecule has 0 aromatic carbocycles. The Labute approximate surface area is 120 Å². The van der Waals surface area contributed by atoms with Gasteiger partial charge in [0.15, 0.2) is 0 Å². The number of unbranched alkanes of at least 4 members (excludes halogenated alkanes) is 9. The van der Waals surface area contributed by atoms with Crippen molar-refractivity contribution in [1.29, 1.82) is 0 Å². The molecule has 0 fully saturated rings. The molecule has 112 valence electrons. The van der Waals surface area contributed by atoms with Gasteiger partial charge < -0.3 is 10.4 Å². The van der Waals surface area contributed by atoms with Gasteiger partial charge in [-0.25, -0.2) is 0 Å². The molecule has 0 saturated heterocycles. The van der Waals surface area contributed by atoms with Crippen molar-refractivity contribution in [2.75, 3.05) is 19.7 Å². The molecule has 3 heteroatoms. The molecular weight excluding hydrogens is 246 g/mol. The van der Waals surface area contributed by atoms with Gasteiger partial charge in [-0.3, -0.25) is 0 Å². The molecule has 2 nitrogen and oxygen atoms in total. The monoisotopic (exact) mass is 279 g/mol. The summed E-state index contributed by atoms with van der Waals surface area (Å²) in [5.74, 6) is 0. The second kappa shape index (κ2) is 19.5. The normalized spacial score (nSPS) is 10.3. The Morgan fingerprint density at radius 2 is 1.11 bits per heavy atom. The maximum absolute atomic E-state index is 8.60. The van der Waals surface area contributed by atoms with Crippen LogP contribution in [0.4, 0.5) is 0 Å². The van der Waals surface area contributed by atoms with Crippen LogP contribution in [-0.4, -0.2) is 24.8 Å². The quantitative estimate of drug-likeness (QED) is 0.465. The lowest BCUT2D eigenvalue weighted by molar-refractivity contribution is 0.286. The van der Waals surface area contributed by atoms with Crippen LogP contribution in [0.2, 0.25) is 0 Å². The first-order valence-corrected chi connectivity index (χ1v) is 7.73. The number of hydrogen-bond donors (Lipinski definition) is 2. The Balaban J connectivity index is 0. The summed E-state index contributed by atoms with van der Waals surface area (Å²) in [5, 5.41) is 12.0. The van der Waals surface area contributed by atoms with Gasteiger partial charge in [-0.15, -0.1) is 12.4 Å². The van der Waals surface area contributed by atoms with E-state index < -0.39 is 0 Å². The average molecular weight is 280 g/mol. The number of nitrogens with one attached hydrogen (secondary N) is 1. The molecule has 0 aliphatic rings. The predicted octanol–water partition coefficient (Wildman–Crippen LogP) is 4.30. The fourth-order valence-electron chi connectivity index (χ4n) is 2.07. The van der Waals surface area contributed by atoms with Crippen molar-refractivity contribution in [3.63, 3.8) is 0 Å².